The second-order valence-corrected chi connectivity index (χ2v) is 17.4. The Hall–Kier alpha value is -6.94. The summed E-state index contributed by atoms with van der Waals surface area (Å²) in [5.74, 6) is -0.122. The number of fused-ring (bicyclic) bond motifs is 1. The predicted octanol–water partition coefficient (Wildman–Crippen LogP) is 6.26. The van der Waals surface area contributed by atoms with Crippen LogP contribution in [0.25, 0.3) is 0 Å². The van der Waals surface area contributed by atoms with Crippen LogP contribution in [0, 0.1) is 6.92 Å². The number of aliphatic imine (C=N–C) groups is 1. The molecule has 2 aliphatic rings. The lowest BCUT2D eigenvalue weighted by Gasteiger charge is -2.27. The molecule has 2 heterocycles. The minimum absolute atomic E-state index is 0.00501. The van der Waals surface area contributed by atoms with Crippen LogP contribution >= 0.6 is 0 Å². The molecular weight excluding hydrogens is 841 g/mol. The van der Waals surface area contributed by atoms with Gasteiger partial charge in [0.2, 0.25) is 12.1 Å². The Labute approximate surface area is 387 Å². The van der Waals surface area contributed by atoms with E-state index in [0.717, 1.165) is 30.9 Å². The number of anilines is 2. The first-order valence-electron chi connectivity index (χ1n) is 22.5. The number of piperidine rings is 1. The SMILES string of the molecule is Cc1cccc(NC(=O)NC2N=C(c3cccc(OCC(=O)NCCN(CC(=O)NCCCOc4cccc(CN5CCCCC5)c4)C(=O)OC(C)(C)C)c3)c3ccccc3N(C)C2=O)c1. The molecule has 1 atom stereocenters. The second kappa shape index (κ2) is 23.3. The maximum absolute atomic E-state index is 13.7. The summed E-state index contributed by atoms with van der Waals surface area (Å²) >= 11 is 0. The van der Waals surface area contributed by atoms with Gasteiger partial charge < -0.3 is 40.4 Å². The molecule has 0 aromatic heterocycles. The van der Waals surface area contributed by atoms with Gasteiger partial charge in [0.1, 0.15) is 23.6 Å². The number of benzene rings is 4. The van der Waals surface area contributed by atoms with Crippen LogP contribution in [-0.4, -0.2) is 117 Å². The zero-order chi connectivity index (χ0) is 47.1. The summed E-state index contributed by atoms with van der Waals surface area (Å²) < 4.78 is 17.4. The molecule has 0 aliphatic carbocycles. The Morgan fingerprint density at radius 1 is 0.818 bits per heavy atom. The monoisotopic (exact) mass is 902 g/mol. The van der Waals surface area contributed by atoms with Crippen LogP contribution in [0.1, 0.15) is 68.7 Å². The molecule has 16 nitrogen and oxygen atoms in total. The zero-order valence-electron chi connectivity index (χ0n) is 38.6. The number of carbonyl (C=O) groups is 5. The Morgan fingerprint density at radius 3 is 2.32 bits per heavy atom. The van der Waals surface area contributed by atoms with E-state index in [1.807, 2.05) is 55.5 Å². The molecule has 0 bridgehead atoms. The quantitative estimate of drug-likeness (QED) is 0.0838. The Balaban J connectivity index is 0.998. The molecule has 0 saturated carbocycles. The molecule has 6 rings (SSSR count). The summed E-state index contributed by atoms with van der Waals surface area (Å²) in [7, 11) is 1.63. The van der Waals surface area contributed by atoms with E-state index in [4.69, 9.17) is 19.2 Å². The second-order valence-electron chi connectivity index (χ2n) is 17.4. The number of ether oxygens (including phenoxy) is 3. The molecule has 4 aromatic carbocycles. The number of nitrogens with one attached hydrogen (secondary N) is 4. The van der Waals surface area contributed by atoms with Crippen molar-refractivity contribution in [1.29, 1.82) is 0 Å². The lowest BCUT2D eigenvalue weighted by atomic mass is 10.00. The van der Waals surface area contributed by atoms with Gasteiger partial charge in [0.05, 0.1) is 18.0 Å². The lowest BCUT2D eigenvalue weighted by molar-refractivity contribution is -0.123. The van der Waals surface area contributed by atoms with Crippen molar-refractivity contribution in [1.82, 2.24) is 25.8 Å². The van der Waals surface area contributed by atoms with Crippen molar-refractivity contribution in [2.24, 2.45) is 4.99 Å². The van der Waals surface area contributed by atoms with Crippen molar-refractivity contribution >= 4 is 46.9 Å². The zero-order valence-corrected chi connectivity index (χ0v) is 38.6. The summed E-state index contributed by atoms with van der Waals surface area (Å²) in [6.45, 7) is 10.4. The van der Waals surface area contributed by atoms with Crippen LogP contribution in [0.4, 0.5) is 21.0 Å². The van der Waals surface area contributed by atoms with Crippen molar-refractivity contribution in [3.8, 4) is 11.5 Å². The van der Waals surface area contributed by atoms with Crippen molar-refractivity contribution in [3.63, 3.8) is 0 Å². The number of carbonyl (C=O) groups excluding carboxylic acids is 5. The van der Waals surface area contributed by atoms with Gasteiger partial charge in [0.25, 0.3) is 11.8 Å². The highest BCUT2D eigenvalue weighted by molar-refractivity contribution is 6.20. The number of rotatable bonds is 18. The molecule has 1 unspecified atom stereocenters. The normalized spacial score (nSPS) is 15.0. The minimum atomic E-state index is -1.26. The highest BCUT2D eigenvalue weighted by Gasteiger charge is 2.31. The molecule has 1 saturated heterocycles. The molecule has 6 amide bonds. The van der Waals surface area contributed by atoms with Gasteiger partial charge in [-0.25, -0.2) is 14.6 Å². The van der Waals surface area contributed by atoms with Crippen LogP contribution < -0.4 is 35.6 Å². The van der Waals surface area contributed by atoms with Gasteiger partial charge in [-0.1, -0.05) is 61.0 Å². The molecule has 4 aromatic rings. The maximum atomic E-state index is 13.7. The standard InChI is InChI=1S/C50H62N8O8/c1-35-15-11-18-38(29-35)53-48(62)55-46-47(61)56(5)42-22-8-7-21-41(42)45(54-46)37-17-13-20-40(31-37)65-34-44(60)52-24-27-58(49(63)66-50(2,3)4)33-43(59)51-23-14-28-64-39-19-12-16-36(30-39)32-57-25-9-6-10-26-57/h7-8,11-13,15-22,29-31,46H,6,9-10,14,23-28,32-34H2,1-5H3,(H,51,59)(H,52,60)(H2,53,55,62). The highest BCUT2D eigenvalue weighted by atomic mass is 16.6. The number of likely N-dealkylation sites (N-methyl/N-ethyl adjacent to an activating group) is 1. The topological polar surface area (TPSA) is 183 Å². The first-order valence-corrected chi connectivity index (χ1v) is 22.5. The number of para-hydroxylation sites is 1. The Bertz CT molecular complexity index is 2360. The summed E-state index contributed by atoms with van der Waals surface area (Å²) in [4.78, 5) is 75.8. The van der Waals surface area contributed by atoms with Crippen LogP contribution in [0.15, 0.2) is 102 Å². The largest absolute Gasteiger partial charge is 0.494 e. The van der Waals surface area contributed by atoms with E-state index in [1.165, 1.54) is 34.6 Å². The Kier molecular flexibility index (Phi) is 17.1. The summed E-state index contributed by atoms with van der Waals surface area (Å²) in [5, 5.41) is 11.1. The molecule has 350 valence electrons. The van der Waals surface area contributed by atoms with Crippen LogP contribution in [-0.2, 0) is 25.7 Å². The number of aryl methyl sites for hydroxylation is 1. The van der Waals surface area contributed by atoms with E-state index in [0.29, 0.717) is 53.5 Å². The molecule has 0 radical (unpaired) electrons. The lowest BCUT2D eigenvalue weighted by Crippen LogP contribution is -2.47. The average molecular weight is 903 g/mol. The van der Waals surface area contributed by atoms with Crippen LogP contribution in [0.2, 0.25) is 0 Å². The number of hydrogen-bond donors (Lipinski definition) is 4. The van der Waals surface area contributed by atoms with Crippen molar-refractivity contribution < 1.29 is 38.2 Å². The average Bonchev–Trinajstić information content (AvgIpc) is 3.38. The van der Waals surface area contributed by atoms with Gasteiger partial charge in [0, 0.05) is 50.0 Å². The first-order chi connectivity index (χ1) is 31.7. The van der Waals surface area contributed by atoms with E-state index < -0.39 is 35.7 Å². The van der Waals surface area contributed by atoms with Gasteiger partial charge in [-0.3, -0.25) is 24.2 Å². The third-order valence-corrected chi connectivity index (χ3v) is 10.7. The van der Waals surface area contributed by atoms with Crippen molar-refractivity contribution in [2.75, 3.05) is 69.7 Å². The molecule has 66 heavy (non-hydrogen) atoms. The summed E-state index contributed by atoms with van der Waals surface area (Å²) in [5.41, 5.74) is 4.21. The van der Waals surface area contributed by atoms with E-state index in [9.17, 15) is 24.0 Å². The number of nitrogens with zero attached hydrogens (tertiary/aromatic N) is 4. The molecule has 4 N–H and O–H groups in total. The predicted molar refractivity (Wildman–Crippen MR) is 254 cm³/mol. The smallest absolute Gasteiger partial charge is 0.410 e. The third kappa shape index (κ3) is 14.8. The molecule has 16 heteroatoms. The molecule has 1 fully saturated rings. The fourth-order valence-electron chi connectivity index (χ4n) is 7.51. The third-order valence-electron chi connectivity index (χ3n) is 10.7. The number of benzodiazepines with no additional fused rings is 1. The van der Waals surface area contributed by atoms with Gasteiger partial charge in [-0.05, 0) is 114 Å². The van der Waals surface area contributed by atoms with E-state index in [2.05, 4.69) is 38.3 Å². The molecule has 2 aliphatic heterocycles. The number of amides is 6. The Morgan fingerprint density at radius 2 is 1.55 bits per heavy atom. The number of likely N-dealkylation sites (tertiary alicyclic amines) is 1. The van der Waals surface area contributed by atoms with Crippen LogP contribution in [0.5, 0.6) is 11.5 Å². The van der Waals surface area contributed by atoms with Crippen molar-refractivity contribution in [2.45, 2.75) is 71.7 Å². The fourth-order valence-corrected chi connectivity index (χ4v) is 7.51. The van der Waals surface area contributed by atoms with Gasteiger partial charge >= 0.3 is 12.1 Å². The first kappa shape index (κ1) is 48.5. The number of hydrogen-bond acceptors (Lipinski definition) is 10. The fraction of sp³-hybridized carbons (Fsp3) is 0.400. The molecular formula is C50H62N8O8. The maximum Gasteiger partial charge on any atom is 0.410 e. The van der Waals surface area contributed by atoms with Gasteiger partial charge in [0.15, 0.2) is 6.61 Å². The van der Waals surface area contributed by atoms with Gasteiger partial charge in [-0.2, -0.15) is 0 Å². The van der Waals surface area contributed by atoms with E-state index in [-0.39, 0.29) is 32.1 Å². The molecule has 0 spiro atoms. The summed E-state index contributed by atoms with van der Waals surface area (Å²) in [6.07, 6.45) is 2.39. The highest BCUT2D eigenvalue weighted by Crippen LogP contribution is 2.29. The van der Waals surface area contributed by atoms with E-state index >= 15 is 0 Å². The minimum Gasteiger partial charge on any atom is -0.494 e. The van der Waals surface area contributed by atoms with E-state index in [1.54, 1.807) is 64.2 Å². The summed E-state index contributed by atoms with van der Waals surface area (Å²) in [6, 6.07) is 29.0. The van der Waals surface area contributed by atoms with Gasteiger partial charge in [-0.15, -0.1) is 0 Å². The number of urea groups is 1. The van der Waals surface area contributed by atoms with Crippen molar-refractivity contribution in [3.05, 3.63) is 119 Å². The van der Waals surface area contributed by atoms with Crippen LogP contribution in [0.3, 0.4) is 0 Å².